The van der Waals surface area contributed by atoms with Crippen molar-refractivity contribution < 1.29 is 9.53 Å². The molecule has 7 nitrogen and oxygen atoms in total. The van der Waals surface area contributed by atoms with E-state index in [0.29, 0.717) is 17.5 Å². The molecule has 1 N–H and O–H groups in total. The molecule has 0 atom stereocenters. The van der Waals surface area contributed by atoms with Crippen LogP contribution >= 0.6 is 11.3 Å². The Kier molecular flexibility index (Phi) is 9.08. The van der Waals surface area contributed by atoms with Crippen molar-refractivity contribution in [2.75, 3.05) is 19.8 Å². The molecule has 0 spiro atoms. The molecule has 1 aromatic carbocycles. The number of amides is 1. The first-order chi connectivity index (χ1) is 17.1. The van der Waals surface area contributed by atoms with Gasteiger partial charge in [-0.25, -0.2) is 0 Å². The minimum Gasteiger partial charge on any atom is -0.381 e. The number of aromatic nitrogens is 4. The summed E-state index contributed by atoms with van der Waals surface area (Å²) in [6.45, 7) is 6.29. The van der Waals surface area contributed by atoms with Gasteiger partial charge in [0.2, 0.25) is 5.01 Å². The van der Waals surface area contributed by atoms with Gasteiger partial charge >= 0.3 is 0 Å². The van der Waals surface area contributed by atoms with Gasteiger partial charge in [-0.2, -0.15) is 10.2 Å². The van der Waals surface area contributed by atoms with Gasteiger partial charge in [-0.05, 0) is 56.2 Å². The van der Waals surface area contributed by atoms with Gasteiger partial charge in [-0.3, -0.25) is 4.79 Å². The lowest BCUT2D eigenvalue weighted by Crippen LogP contribution is -2.39. The molecule has 0 bridgehead atoms. The molecule has 0 aliphatic carbocycles. The Labute approximate surface area is 211 Å². The van der Waals surface area contributed by atoms with Crippen molar-refractivity contribution in [2.24, 2.45) is 5.92 Å². The highest BCUT2D eigenvalue weighted by molar-refractivity contribution is 7.13. The van der Waals surface area contributed by atoms with E-state index < -0.39 is 0 Å². The highest BCUT2D eigenvalue weighted by atomic mass is 32.1. The lowest BCUT2D eigenvalue weighted by Gasteiger charge is -2.25. The first-order valence-electron chi connectivity index (χ1n) is 12.4. The number of allylic oxidation sites excluding steroid dienone is 1. The van der Waals surface area contributed by atoms with E-state index in [1.54, 1.807) is 0 Å². The second kappa shape index (κ2) is 12.7. The van der Waals surface area contributed by atoms with E-state index in [1.165, 1.54) is 22.5 Å². The third-order valence-corrected chi connectivity index (χ3v) is 7.13. The Morgan fingerprint density at radius 1 is 1.11 bits per heavy atom. The molecule has 3 heterocycles. The van der Waals surface area contributed by atoms with Crippen LogP contribution in [-0.4, -0.2) is 46.1 Å². The average molecular weight is 492 g/mol. The summed E-state index contributed by atoms with van der Waals surface area (Å²) in [5.41, 5.74) is 5.82. The van der Waals surface area contributed by atoms with Crippen LogP contribution in [0.3, 0.4) is 0 Å². The van der Waals surface area contributed by atoms with Crippen LogP contribution in [0.25, 0.3) is 6.08 Å². The zero-order chi connectivity index (χ0) is 24.5. The van der Waals surface area contributed by atoms with Crippen LogP contribution in [-0.2, 0) is 24.0 Å². The zero-order valence-corrected chi connectivity index (χ0v) is 21.3. The van der Waals surface area contributed by atoms with Gasteiger partial charge < -0.3 is 10.1 Å². The SMILES string of the molecule is CC/C(=C\c1cc(CCCCc2nnc(C(=O)NCC3COC3)s2)nnc1C)Cc1ccccc1. The summed E-state index contributed by atoms with van der Waals surface area (Å²) in [6, 6.07) is 12.7. The first-order valence-corrected chi connectivity index (χ1v) is 13.2. The Morgan fingerprint density at radius 3 is 2.66 bits per heavy atom. The van der Waals surface area contributed by atoms with Crippen LogP contribution < -0.4 is 5.32 Å². The Morgan fingerprint density at radius 2 is 1.91 bits per heavy atom. The van der Waals surface area contributed by atoms with E-state index in [4.69, 9.17) is 4.74 Å². The standard InChI is InChI=1S/C27H33N5O2S/c1-3-20(13-21-9-5-4-6-10-21)14-23-15-24(30-29-19(23)2)11-7-8-12-25-31-32-27(35-25)26(33)28-16-22-17-34-18-22/h4-6,9-10,14-15,22H,3,7-8,11-13,16-18H2,1-2H3,(H,28,33)/b20-14+. The van der Waals surface area contributed by atoms with Crippen LogP contribution in [0.1, 0.15) is 63.5 Å². The van der Waals surface area contributed by atoms with Crippen LogP contribution in [0.5, 0.6) is 0 Å². The molecule has 2 aromatic heterocycles. The number of nitrogens with one attached hydrogen (secondary N) is 1. The van der Waals surface area contributed by atoms with Crippen molar-refractivity contribution >= 4 is 23.3 Å². The number of hydrogen-bond acceptors (Lipinski definition) is 7. The topological polar surface area (TPSA) is 89.9 Å². The molecular formula is C27H33N5O2S. The number of hydrogen-bond donors (Lipinski definition) is 1. The minimum atomic E-state index is -0.144. The molecule has 35 heavy (non-hydrogen) atoms. The maximum Gasteiger partial charge on any atom is 0.282 e. The predicted octanol–water partition coefficient (Wildman–Crippen LogP) is 4.61. The second-order valence-corrected chi connectivity index (χ2v) is 10.1. The molecule has 1 fully saturated rings. The van der Waals surface area contributed by atoms with Crippen molar-refractivity contribution in [1.29, 1.82) is 0 Å². The van der Waals surface area contributed by atoms with Gasteiger partial charge in [-0.1, -0.05) is 60.2 Å². The minimum absolute atomic E-state index is 0.144. The smallest absolute Gasteiger partial charge is 0.282 e. The fraction of sp³-hybridized carbons (Fsp3) is 0.444. The van der Waals surface area contributed by atoms with Crippen molar-refractivity contribution in [3.05, 3.63) is 74.5 Å². The first kappa shape index (κ1) is 25.1. The van der Waals surface area contributed by atoms with E-state index in [1.807, 2.05) is 6.92 Å². The maximum atomic E-state index is 12.2. The average Bonchev–Trinajstić information content (AvgIpc) is 3.32. The summed E-state index contributed by atoms with van der Waals surface area (Å²) in [4.78, 5) is 12.2. The van der Waals surface area contributed by atoms with Gasteiger partial charge in [0.1, 0.15) is 5.01 Å². The number of ether oxygens (including phenoxy) is 1. The Bertz CT molecular complexity index is 1140. The molecule has 1 aliphatic rings. The number of carbonyl (C=O) groups excluding carboxylic acids is 1. The van der Waals surface area contributed by atoms with E-state index in [-0.39, 0.29) is 5.91 Å². The normalized spacial score (nSPS) is 14.1. The molecule has 0 saturated carbocycles. The lowest BCUT2D eigenvalue weighted by atomic mass is 10.00. The number of rotatable bonds is 12. The largest absolute Gasteiger partial charge is 0.381 e. The Balaban J connectivity index is 1.26. The third-order valence-electron chi connectivity index (χ3n) is 6.15. The summed E-state index contributed by atoms with van der Waals surface area (Å²) in [7, 11) is 0. The second-order valence-electron chi connectivity index (χ2n) is 9.02. The van der Waals surface area contributed by atoms with Gasteiger partial charge in [0, 0.05) is 18.9 Å². The molecule has 1 saturated heterocycles. The molecule has 0 unspecified atom stereocenters. The van der Waals surface area contributed by atoms with E-state index in [0.717, 1.165) is 73.7 Å². The van der Waals surface area contributed by atoms with Gasteiger partial charge in [0.15, 0.2) is 0 Å². The fourth-order valence-corrected chi connectivity index (χ4v) is 4.68. The summed E-state index contributed by atoms with van der Waals surface area (Å²) in [5, 5.41) is 21.3. The highest BCUT2D eigenvalue weighted by Gasteiger charge is 2.20. The maximum absolute atomic E-state index is 12.2. The van der Waals surface area contributed by atoms with Crippen LogP contribution in [0.15, 0.2) is 42.0 Å². The van der Waals surface area contributed by atoms with Crippen LogP contribution in [0.4, 0.5) is 0 Å². The van der Waals surface area contributed by atoms with Crippen molar-refractivity contribution in [3.8, 4) is 0 Å². The summed E-state index contributed by atoms with van der Waals surface area (Å²) >= 11 is 1.38. The number of benzene rings is 1. The predicted molar refractivity (Wildman–Crippen MR) is 138 cm³/mol. The van der Waals surface area contributed by atoms with Gasteiger partial charge in [0.25, 0.3) is 5.91 Å². The molecule has 1 amide bonds. The zero-order valence-electron chi connectivity index (χ0n) is 20.5. The van der Waals surface area contributed by atoms with Gasteiger partial charge in [0.05, 0.1) is 24.6 Å². The van der Waals surface area contributed by atoms with Gasteiger partial charge in [-0.15, -0.1) is 10.2 Å². The van der Waals surface area contributed by atoms with E-state index in [2.05, 4.69) is 75.1 Å². The highest BCUT2D eigenvalue weighted by Crippen LogP contribution is 2.19. The number of aryl methyl sites for hydroxylation is 3. The molecular weight excluding hydrogens is 458 g/mol. The summed E-state index contributed by atoms with van der Waals surface area (Å²) in [6.07, 6.45) is 7.84. The number of nitrogens with zero attached hydrogens (tertiary/aromatic N) is 4. The summed E-state index contributed by atoms with van der Waals surface area (Å²) in [5.74, 6) is 0.277. The fourth-order valence-electron chi connectivity index (χ4n) is 3.88. The number of carbonyl (C=O) groups is 1. The van der Waals surface area contributed by atoms with Crippen molar-refractivity contribution in [2.45, 2.75) is 52.4 Å². The van der Waals surface area contributed by atoms with Crippen molar-refractivity contribution in [1.82, 2.24) is 25.7 Å². The molecule has 184 valence electrons. The quantitative estimate of drug-likeness (QED) is 0.372. The third kappa shape index (κ3) is 7.50. The molecule has 4 rings (SSSR count). The molecule has 0 radical (unpaired) electrons. The molecule has 3 aromatic rings. The lowest BCUT2D eigenvalue weighted by molar-refractivity contribution is -0.0298. The molecule has 1 aliphatic heterocycles. The Hall–Kier alpha value is -2.97. The molecule has 8 heteroatoms. The monoisotopic (exact) mass is 491 g/mol. The van der Waals surface area contributed by atoms with Crippen LogP contribution in [0.2, 0.25) is 0 Å². The number of unbranched alkanes of at least 4 members (excludes halogenated alkanes) is 1. The van der Waals surface area contributed by atoms with Crippen molar-refractivity contribution in [3.63, 3.8) is 0 Å². The van der Waals surface area contributed by atoms with Crippen LogP contribution in [0, 0.1) is 12.8 Å². The summed E-state index contributed by atoms with van der Waals surface area (Å²) < 4.78 is 5.13. The van der Waals surface area contributed by atoms with E-state index >= 15 is 0 Å². The van der Waals surface area contributed by atoms with E-state index in [9.17, 15) is 4.79 Å².